The van der Waals surface area contributed by atoms with Gasteiger partial charge in [0.25, 0.3) is 0 Å². The highest BCUT2D eigenvalue weighted by Crippen LogP contribution is 2.15. The van der Waals surface area contributed by atoms with E-state index in [0.717, 1.165) is 35.3 Å². The lowest BCUT2D eigenvalue weighted by Gasteiger charge is -2.30. The van der Waals surface area contributed by atoms with Gasteiger partial charge in [-0.3, -0.25) is 14.6 Å². The second-order valence-electron chi connectivity index (χ2n) is 11.9. The number of piperidine rings is 1. The maximum absolute atomic E-state index is 13.8. The molecule has 5 amide bonds. The summed E-state index contributed by atoms with van der Waals surface area (Å²) < 4.78 is 5.47. The van der Waals surface area contributed by atoms with E-state index in [1.807, 2.05) is 60.7 Å². The van der Waals surface area contributed by atoms with Gasteiger partial charge in [0.05, 0.1) is 10.4 Å². The lowest BCUT2D eigenvalue weighted by atomic mass is 9.95. The van der Waals surface area contributed by atoms with Crippen molar-refractivity contribution in [3.8, 4) is 0 Å². The summed E-state index contributed by atoms with van der Waals surface area (Å²) in [5.41, 5.74) is 3.82. The van der Waals surface area contributed by atoms with Gasteiger partial charge < -0.3 is 30.9 Å². The number of benzene rings is 2. The smallest absolute Gasteiger partial charge is 0.407 e. The maximum atomic E-state index is 13.8. The molecule has 0 spiro atoms. The summed E-state index contributed by atoms with van der Waals surface area (Å²) in [5.74, 6) is -0.505. The van der Waals surface area contributed by atoms with Gasteiger partial charge in [-0.1, -0.05) is 60.7 Å². The third-order valence-electron chi connectivity index (χ3n) is 8.08. The number of nitrogens with zero attached hydrogens (tertiary/aromatic N) is 2. The first-order chi connectivity index (χ1) is 22.9. The summed E-state index contributed by atoms with van der Waals surface area (Å²) in [4.78, 5) is 57.9. The van der Waals surface area contributed by atoms with Crippen LogP contribution in [0.4, 0.5) is 9.59 Å². The van der Waals surface area contributed by atoms with E-state index in [1.54, 1.807) is 16.6 Å². The Kier molecular flexibility index (Phi) is 14.5. The minimum absolute atomic E-state index is 0.143. The molecular formula is C35H46N6O5S. The maximum Gasteiger partial charge on any atom is 0.407 e. The molecule has 252 valence electrons. The van der Waals surface area contributed by atoms with Crippen molar-refractivity contribution in [3.05, 3.63) is 88.4 Å². The van der Waals surface area contributed by atoms with Gasteiger partial charge in [-0.15, -0.1) is 11.3 Å². The second kappa shape index (κ2) is 19.3. The van der Waals surface area contributed by atoms with Crippen LogP contribution in [0.1, 0.15) is 61.5 Å². The Balaban J connectivity index is 1.45. The molecule has 0 radical (unpaired) electrons. The average molecular weight is 663 g/mol. The van der Waals surface area contributed by atoms with Gasteiger partial charge in [-0.2, -0.15) is 0 Å². The van der Waals surface area contributed by atoms with Crippen molar-refractivity contribution in [2.75, 3.05) is 19.6 Å². The van der Waals surface area contributed by atoms with Crippen LogP contribution in [0.3, 0.4) is 0 Å². The molecule has 1 aliphatic rings. The van der Waals surface area contributed by atoms with Crippen LogP contribution in [0, 0.1) is 0 Å². The highest BCUT2D eigenvalue weighted by molar-refractivity contribution is 7.09. The fourth-order valence-electron chi connectivity index (χ4n) is 5.61. The van der Waals surface area contributed by atoms with Gasteiger partial charge in [-0.25, -0.2) is 9.59 Å². The van der Waals surface area contributed by atoms with Crippen molar-refractivity contribution in [2.45, 2.75) is 83.0 Å². The Morgan fingerprint density at radius 1 is 0.830 bits per heavy atom. The number of alkyl carbamates (subject to hydrolysis) is 1. The van der Waals surface area contributed by atoms with E-state index in [4.69, 9.17) is 4.74 Å². The molecule has 0 unspecified atom stereocenters. The SMILES string of the molecule is CC(=O)NCC[C@H](NC(=O)N1CCCCC1)C(=O)N[C@H](CC[C@H](Cc1ccccc1)NC(=O)OCc1cncs1)Cc1ccccc1. The van der Waals surface area contributed by atoms with E-state index in [0.29, 0.717) is 38.8 Å². The van der Waals surface area contributed by atoms with E-state index < -0.39 is 12.1 Å². The first-order valence-corrected chi connectivity index (χ1v) is 17.2. The number of carbonyl (C=O) groups excluding carboxylic acids is 4. The fourth-order valence-corrected chi connectivity index (χ4v) is 6.11. The molecule has 0 aliphatic carbocycles. The molecule has 1 fully saturated rings. The van der Waals surface area contributed by atoms with Gasteiger partial charge in [0.1, 0.15) is 12.6 Å². The zero-order chi connectivity index (χ0) is 33.3. The number of carbonyl (C=O) groups is 4. The van der Waals surface area contributed by atoms with E-state index in [2.05, 4.69) is 26.3 Å². The van der Waals surface area contributed by atoms with Gasteiger partial charge in [0, 0.05) is 44.8 Å². The minimum Gasteiger partial charge on any atom is -0.444 e. The number of ether oxygens (including phenoxy) is 1. The predicted molar refractivity (Wildman–Crippen MR) is 182 cm³/mol. The third kappa shape index (κ3) is 13.1. The quantitative estimate of drug-likeness (QED) is 0.177. The Bertz CT molecular complexity index is 1390. The number of hydrogen-bond acceptors (Lipinski definition) is 7. The van der Waals surface area contributed by atoms with E-state index in [1.165, 1.54) is 18.3 Å². The number of nitrogens with one attached hydrogen (secondary N) is 4. The molecule has 0 saturated carbocycles. The van der Waals surface area contributed by atoms with Crippen molar-refractivity contribution in [1.29, 1.82) is 0 Å². The summed E-state index contributed by atoms with van der Waals surface area (Å²) in [5, 5.41) is 11.9. The van der Waals surface area contributed by atoms with Gasteiger partial charge in [0.15, 0.2) is 0 Å². The van der Waals surface area contributed by atoms with Crippen LogP contribution in [-0.2, 0) is 33.8 Å². The van der Waals surface area contributed by atoms with Crippen LogP contribution < -0.4 is 21.3 Å². The fraction of sp³-hybridized carbons (Fsp3) is 0.457. The number of rotatable bonds is 16. The summed E-state index contributed by atoms with van der Waals surface area (Å²) in [6, 6.07) is 18.2. The van der Waals surface area contributed by atoms with Crippen molar-refractivity contribution in [1.82, 2.24) is 31.2 Å². The van der Waals surface area contributed by atoms with E-state index in [-0.39, 0.29) is 49.5 Å². The van der Waals surface area contributed by atoms with Crippen LogP contribution in [0.5, 0.6) is 0 Å². The Labute approximate surface area is 280 Å². The van der Waals surface area contributed by atoms with Gasteiger partial charge in [0.2, 0.25) is 11.8 Å². The van der Waals surface area contributed by atoms with E-state index in [9.17, 15) is 19.2 Å². The number of likely N-dealkylation sites (tertiary alicyclic amines) is 1. The van der Waals surface area contributed by atoms with Crippen molar-refractivity contribution >= 4 is 35.3 Å². The van der Waals surface area contributed by atoms with Gasteiger partial charge in [-0.05, 0) is 62.5 Å². The number of amides is 5. The molecule has 11 nitrogen and oxygen atoms in total. The first-order valence-electron chi connectivity index (χ1n) is 16.3. The van der Waals surface area contributed by atoms with Gasteiger partial charge >= 0.3 is 12.1 Å². The zero-order valence-electron chi connectivity index (χ0n) is 27.0. The Morgan fingerprint density at radius 2 is 1.45 bits per heavy atom. The molecule has 47 heavy (non-hydrogen) atoms. The molecular weight excluding hydrogens is 616 g/mol. The molecule has 2 aromatic carbocycles. The monoisotopic (exact) mass is 662 g/mol. The second-order valence-corrected chi connectivity index (χ2v) is 12.8. The van der Waals surface area contributed by atoms with Crippen LogP contribution in [0.25, 0.3) is 0 Å². The number of hydrogen-bond donors (Lipinski definition) is 4. The highest BCUT2D eigenvalue weighted by atomic mass is 32.1. The molecule has 12 heteroatoms. The van der Waals surface area contributed by atoms with Crippen molar-refractivity contribution in [2.24, 2.45) is 0 Å². The molecule has 4 rings (SSSR count). The number of aromatic nitrogens is 1. The predicted octanol–water partition coefficient (Wildman–Crippen LogP) is 4.58. The molecule has 3 aromatic rings. The number of urea groups is 1. The Morgan fingerprint density at radius 3 is 2.02 bits per heavy atom. The standard InChI is InChI=1S/C35H46N6O5S/c1-26(42)37-18-17-32(40-34(44)41-19-9-4-10-20-41)33(43)38-29(21-27-11-5-2-6-12-27)15-16-30(22-28-13-7-3-8-14-28)39-35(45)46-24-31-23-36-25-47-31/h2-3,5-8,11-14,23,25,29-30,32H,4,9-10,15-22,24H2,1H3,(H,37,42)(H,38,43)(H,39,45)(H,40,44)/t29-,30-,32+/m1/s1. The molecule has 1 aliphatic heterocycles. The van der Waals surface area contributed by atoms with Crippen LogP contribution >= 0.6 is 11.3 Å². The van der Waals surface area contributed by atoms with Crippen molar-refractivity contribution < 1.29 is 23.9 Å². The number of thiazole rings is 1. The summed E-state index contributed by atoms with van der Waals surface area (Å²) in [6.07, 6.45) is 6.67. The zero-order valence-corrected chi connectivity index (χ0v) is 27.8. The van der Waals surface area contributed by atoms with Crippen LogP contribution in [0.2, 0.25) is 0 Å². The topological polar surface area (TPSA) is 142 Å². The minimum atomic E-state index is -0.825. The molecule has 0 bridgehead atoms. The molecule has 4 N–H and O–H groups in total. The molecule has 2 heterocycles. The largest absolute Gasteiger partial charge is 0.444 e. The summed E-state index contributed by atoms with van der Waals surface area (Å²) in [7, 11) is 0. The van der Waals surface area contributed by atoms with E-state index >= 15 is 0 Å². The highest BCUT2D eigenvalue weighted by Gasteiger charge is 2.27. The Hall–Kier alpha value is -4.45. The normalized spacial score (nSPS) is 14.7. The molecule has 1 aromatic heterocycles. The lowest BCUT2D eigenvalue weighted by molar-refractivity contribution is -0.124. The van der Waals surface area contributed by atoms with Crippen molar-refractivity contribution in [3.63, 3.8) is 0 Å². The summed E-state index contributed by atoms with van der Waals surface area (Å²) in [6.45, 7) is 3.14. The first kappa shape index (κ1) is 35.4. The van der Waals surface area contributed by atoms with Crippen LogP contribution in [0.15, 0.2) is 72.4 Å². The third-order valence-corrected chi connectivity index (χ3v) is 8.83. The molecule has 1 saturated heterocycles. The summed E-state index contributed by atoms with van der Waals surface area (Å²) >= 11 is 1.42. The average Bonchev–Trinajstić information content (AvgIpc) is 3.61. The lowest BCUT2D eigenvalue weighted by Crippen LogP contribution is -2.54. The van der Waals surface area contributed by atoms with Crippen LogP contribution in [-0.4, -0.2) is 71.6 Å². The molecule has 3 atom stereocenters.